The van der Waals surface area contributed by atoms with Crippen LogP contribution in [-0.2, 0) is 9.53 Å². The van der Waals surface area contributed by atoms with Gasteiger partial charge >= 0.3 is 6.09 Å². The molecule has 1 saturated heterocycles. The summed E-state index contributed by atoms with van der Waals surface area (Å²) in [6.45, 7) is 4.31. The maximum absolute atomic E-state index is 12.7. The molecule has 0 spiro atoms. The predicted octanol–water partition coefficient (Wildman–Crippen LogP) is 2.57. The van der Waals surface area contributed by atoms with Crippen LogP contribution >= 0.6 is 0 Å². The number of cyclic esters (lactones) is 1. The fraction of sp³-hybridized carbons (Fsp3) is 0.333. The highest BCUT2D eigenvalue weighted by Gasteiger charge is 2.33. The Labute approximate surface area is 168 Å². The van der Waals surface area contributed by atoms with Crippen LogP contribution in [0, 0.1) is 5.92 Å². The first-order valence-electron chi connectivity index (χ1n) is 9.36. The van der Waals surface area contributed by atoms with E-state index in [1.165, 1.54) is 6.20 Å². The fourth-order valence-corrected chi connectivity index (χ4v) is 2.75. The van der Waals surface area contributed by atoms with Crippen LogP contribution in [0.1, 0.15) is 35.8 Å². The van der Waals surface area contributed by atoms with Gasteiger partial charge in [-0.25, -0.2) is 14.7 Å². The van der Waals surface area contributed by atoms with Crippen molar-refractivity contribution in [3.8, 4) is 5.88 Å². The van der Waals surface area contributed by atoms with E-state index in [1.54, 1.807) is 12.1 Å². The van der Waals surface area contributed by atoms with Crippen LogP contribution in [0.25, 0.3) is 0 Å². The van der Waals surface area contributed by atoms with Gasteiger partial charge in [0.05, 0.1) is 24.8 Å². The lowest BCUT2D eigenvalue weighted by Crippen LogP contribution is -2.40. The average Bonchev–Trinajstić information content (AvgIpc) is 3.04. The molecule has 0 aliphatic carbocycles. The van der Waals surface area contributed by atoms with Gasteiger partial charge in [0.1, 0.15) is 0 Å². The van der Waals surface area contributed by atoms with Gasteiger partial charge in [-0.2, -0.15) is 0 Å². The van der Waals surface area contributed by atoms with Crippen molar-refractivity contribution < 1.29 is 23.9 Å². The van der Waals surface area contributed by atoms with Crippen LogP contribution in [0.5, 0.6) is 5.88 Å². The van der Waals surface area contributed by atoms with Crippen LogP contribution in [-0.4, -0.2) is 47.6 Å². The zero-order valence-electron chi connectivity index (χ0n) is 16.3. The zero-order valence-corrected chi connectivity index (χ0v) is 16.3. The second-order valence-electron chi connectivity index (χ2n) is 7.09. The Morgan fingerprint density at radius 3 is 2.55 bits per heavy atom. The average molecular weight is 397 g/mol. The van der Waals surface area contributed by atoms with Gasteiger partial charge in [0, 0.05) is 12.3 Å². The lowest BCUT2D eigenvalue weighted by molar-refractivity contribution is -0.126. The van der Waals surface area contributed by atoms with E-state index in [9.17, 15) is 14.4 Å². The standard InChI is InChI=1S/C21H23N3O5/c1-14(2)12-28-18-9-8-16(10-22-18)20(26)23-17(15-6-4-3-5-7-15)11-24-19(25)13-29-21(24)27/h3-10,14,17H,11-13H2,1-2H3,(H,23,26). The summed E-state index contributed by atoms with van der Waals surface area (Å²) in [5.74, 6) is 0.00642. The number of aromatic nitrogens is 1. The first kappa shape index (κ1) is 20.3. The number of amides is 3. The number of benzene rings is 1. The van der Waals surface area contributed by atoms with Crippen molar-refractivity contribution in [1.82, 2.24) is 15.2 Å². The summed E-state index contributed by atoms with van der Waals surface area (Å²) in [7, 11) is 0. The van der Waals surface area contributed by atoms with E-state index >= 15 is 0 Å². The minimum absolute atomic E-state index is 0.0174. The molecule has 29 heavy (non-hydrogen) atoms. The molecule has 8 nitrogen and oxygen atoms in total. The number of carbonyl (C=O) groups is 3. The molecular formula is C21H23N3O5. The second kappa shape index (κ2) is 9.18. The summed E-state index contributed by atoms with van der Waals surface area (Å²) in [5, 5.41) is 2.87. The molecule has 8 heteroatoms. The van der Waals surface area contributed by atoms with E-state index in [2.05, 4.69) is 10.3 Å². The van der Waals surface area contributed by atoms with Gasteiger partial charge in [-0.3, -0.25) is 9.59 Å². The Bertz CT molecular complexity index is 852. The largest absolute Gasteiger partial charge is 0.477 e. The molecule has 3 rings (SSSR count). The van der Waals surface area contributed by atoms with Crippen molar-refractivity contribution >= 4 is 17.9 Å². The molecule has 1 aliphatic heterocycles. The molecule has 1 aliphatic rings. The van der Waals surface area contributed by atoms with Gasteiger partial charge in [-0.1, -0.05) is 44.2 Å². The Balaban J connectivity index is 1.72. The second-order valence-corrected chi connectivity index (χ2v) is 7.09. The van der Waals surface area contributed by atoms with Crippen molar-refractivity contribution in [1.29, 1.82) is 0 Å². The van der Waals surface area contributed by atoms with Crippen molar-refractivity contribution in [3.63, 3.8) is 0 Å². The number of rotatable bonds is 8. The third-order valence-corrected chi connectivity index (χ3v) is 4.28. The monoisotopic (exact) mass is 397 g/mol. The van der Waals surface area contributed by atoms with Gasteiger partial charge < -0.3 is 14.8 Å². The molecule has 1 aromatic heterocycles. The summed E-state index contributed by atoms with van der Waals surface area (Å²) in [5.41, 5.74) is 1.11. The van der Waals surface area contributed by atoms with E-state index in [0.29, 0.717) is 24.0 Å². The summed E-state index contributed by atoms with van der Waals surface area (Å²) in [6, 6.07) is 11.8. The number of carbonyl (C=O) groups excluding carboxylic acids is 3. The smallest absolute Gasteiger partial charge is 0.417 e. The maximum atomic E-state index is 12.7. The van der Waals surface area contributed by atoms with E-state index in [0.717, 1.165) is 10.5 Å². The number of hydrogen-bond donors (Lipinski definition) is 1. The number of imide groups is 1. The minimum Gasteiger partial charge on any atom is -0.477 e. The van der Waals surface area contributed by atoms with Gasteiger partial charge in [-0.05, 0) is 17.5 Å². The van der Waals surface area contributed by atoms with Gasteiger partial charge in [-0.15, -0.1) is 0 Å². The quantitative estimate of drug-likeness (QED) is 0.735. The number of nitrogens with zero attached hydrogens (tertiary/aromatic N) is 2. The van der Waals surface area contributed by atoms with Crippen molar-refractivity contribution in [2.24, 2.45) is 5.92 Å². The summed E-state index contributed by atoms with van der Waals surface area (Å²) in [6.07, 6.45) is 0.723. The molecule has 2 heterocycles. The fourth-order valence-electron chi connectivity index (χ4n) is 2.75. The van der Waals surface area contributed by atoms with Crippen molar-refractivity contribution in [2.75, 3.05) is 19.8 Å². The SMILES string of the molecule is CC(C)COc1ccc(C(=O)NC(CN2C(=O)COC2=O)c2ccccc2)cn1. The molecule has 152 valence electrons. The first-order valence-corrected chi connectivity index (χ1v) is 9.36. The first-order chi connectivity index (χ1) is 13.9. The Morgan fingerprint density at radius 2 is 1.97 bits per heavy atom. The Kier molecular flexibility index (Phi) is 6.43. The molecule has 0 saturated carbocycles. The highest BCUT2D eigenvalue weighted by Crippen LogP contribution is 2.18. The molecule has 2 aromatic rings. The zero-order chi connectivity index (χ0) is 20.8. The molecule has 0 radical (unpaired) electrons. The van der Waals surface area contributed by atoms with Crippen LogP contribution in [0.3, 0.4) is 0 Å². The van der Waals surface area contributed by atoms with E-state index in [4.69, 9.17) is 9.47 Å². The number of pyridine rings is 1. The Hall–Kier alpha value is -3.42. The third kappa shape index (κ3) is 5.31. The minimum atomic E-state index is -0.710. The Morgan fingerprint density at radius 1 is 1.21 bits per heavy atom. The molecule has 0 bridgehead atoms. The lowest BCUT2D eigenvalue weighted by atomic mass is 10.1. The van der Waals surface area contributed by atoms with E-state index in [1.807, 2.05) is 44.2 Å². The van der Waals surface area contributed by atoms with E-state index in [-0.39, 0.29) is 19.1 Å². The van der Waals surface area contributed by atoms with Gasteiger partial charge in [0.15, 0.2) is 6.61 Å². The molecule has 1 unspecified atom stereocenters. The number of hydrogen-bond acceptors (Lipinski definition) is 6. The predicted molar refractivity (Wildman–Crippen MR) is 104 cm³/mol. The van der Waals surface area contributed by atoms with Crippen LogP contribution in [0.15, 0.2) is 48.7 Å². The number of nitrogens with one attached hydrogen (secondary N) is 1. The highest BCUT2D eigenvalue weighted by molar-refractivity contribution is 5.98. The normalized spacial score (nSPS) is 14.7. The maximum Gasteiger partial charge on any atom is 0.417 e. The highest BCUT2D eigenvalue weighted by atomic mass is 16.6. The van der Waals surface area contributed by atoms with E-state index < -0.39 is 18.0 Å². The lowest BCUT2D eigenvalue weighted by Gasteiger charge is -2.22. The third-order valence-electron chi connectivity index (χ3n) is 4.28. The summed E-state index contributed by atoms with van der Waals surface area (Å²) in [4.78, 5) is 41.6. The van der Waals surface area contributed by atoms with Crippen LogP contribution < -0.4 is 10.1 Å². The van der Waals surface area contributed by atoms with Crippen LogP contribution in [0.2, 0.25) is 0 Å². The number of ether oxygens (including phenoxy) is 2. The molecule has 1 N–H and O–H groups in total. The molecule has 3 amide bonds. The molecule has 1 fully saturated rings. The van der Waals surface area contributed by atoms with Crippen LogP contribution in [0.4, 0.5) is 4.79 Å². The van der Waals surface area contributed by atoms with Gasteiger partial charge in [0.25, 0.3) is 11.8 Å². The summed E-state index contributed by atoms with van der Waals surface area (Å²) >= 11 is 0. The van der Waals surface area contributed by atoms with Crippen molar-refractivity contribution in [2.45, 2.75) is 19.9 Å². The van der Waals surface area contributed by atoms with Crippen molar-refractivity contribution in [3.05, 3.63) is 59.8 Å². The molecule has 1 aromatic carbocycles. The summed E-state index contributed by atoms with van der Waals surface area (Å²) < 4.78 is 10.3. The van der Waals surface area contributed by atoms with Gasteiger partial charge in [0.2, 0.25) is 5.88 Å². The topological polar surface area (TPSA) is 97.8 Å². The molecule has 1 atom stereocenters. The molecular weight excluding hydrogens is 374 g/mol.